The Kier molecular flexibility index (Phi) is 6.69. The van der Waals surface area contributed by atoms with Crippen LogP contribution >= 0.6 is 0 Å². The molecule has 3 heteroatoms. The Balaban J connectivity index is 2.37. The molecule has 2 N–H and O–H groups in total. The van der Waals surface area contributed by atoms with Gasteiger partial charge in [-0.1, -0.05) is 40.0 Å². The zero-order chi connectivity index (χ0) is 13.5. The predicted molar refractivity (Wildman–Crippen MR) is 76.5 cm³/mol. The summed E-state index contributed by atoms with van der Waals surface area (Å²) in [6.45, 7) is 9.29. The molecule has 3 atom stereocenters. The first-order valence-corrected chi connectivity index (χ1v) is 7.54. The third-order valence-corrected chi connectivity index (χ3v) is 3.90. The van der Waals surface area contributed by atoms with Gasteiger partial charge in [-0.15, -0.1) is 0 Å². The highest BCUT2D eigenvalue weighted by Crippen LogP contribution is 2.23. The van der Waals surface area contributed by atoms with Gasteiger partial charge in [-0.05, 0) is 31.6 Å². The van der Waals surface area contributed by atoms with Gasteiger partial charge in [-0.2, -0.15) is 0 Å². The zero-order valence-corrected chi connectivity index (χ0v) is 12.5. The van der Waals surface area contributed by atoms with E-state index in [1.807, 2.05) is 6.92 Å². The van der Waals surface area contributed by atoms with Gasteiger partial charge < -0.3 is 10.6 Å². The van der Waals surface area contributed by atoms with Crippen LogP contribution in [-0.2, 0) is 4.79 Å². The van der Waals surface area contributed by atoms with E-state index < -0.39 is 0 Å². The molecule has 0 radical (unpaired) electrons. The van der Waals surface area contributed by atoms with Crippen LogP contribution in [0.25, 0.3) is 0 Å². The maximum Gasteiger partial charge on any atom is 0.236 e. The number of carbonyl (C=O) groups is 1. The van der Waals surface area contributed by atoms with Gasteiger partial charge in [0.15, 0.2) is 0 Å². The van der Waals surface area contributed by atoms with Crippen LogP contribution in [0.15, 0.2) is 0 Å². The van der Waals surface area contributed by atoms with Crippen LogP contribution in [0, 0.1) is 11.8 Å². The first-order chi connectivity index (χ1) is 8.50. The second-order valence-corrected chi connectivity index (χ2v) is 6.25. The molecule has 3 unspecified atom stereocenters. The molecule has 1 amide bonds. The average molecular weight is 254 g/mol. The van der Waals surface area contributed by atoms with Crippen molar-refractivity contribution in [2.75, 3.05) is 6.54 Å². The average Bonchev–Trinajstić information content (AvgIpc) is 2.51. The molecule has 106 valence electrons. The molecule has 0 saturated heterocycles. The molecule has 0 aromatic heterocycles. The lowest BCUT2D eigenvalue weighted by Gasteiger charge is -2.26. The summed E-state index contributed by atoms with van der Waals surface area (Å²) in [5.74, 6) is 1.34. The number of amides is 1. The van der Waals surface area contributed by atoms with Gasteiger partial charge in [0.05, 0.1) is 6.04 Å². The van der Waals surface area contributed by atoms with Crippen LogP contribution in [0.3, 0.4) is 0 Å². The van der Waals surface area contributed by atoms with Gasteiger partial charge in [-0.25, -0.2) is 0 Å². The maximum absolute atomic E-state index is 11.9. The van der Waals surface area contributed by atoms with Crippen molar-refractivity contribution in [3.63, 3.8) is 0 Å². The lowest BCUT2D eigenvalue weighted by atomic mass is 9.96. The number of hydrogen-bond donors (Lipinski definition) is 2. The van der Waals surface area contributed by atoms with Crippen LogP contribution in [0.2, 0.25) is 0 Å². The van der Waals surface area contributed by atoms with Crippen LogP contribution in [0.1, 0.15) is 59.8 Å². The Morgan fingerprint density at radius 2 is 1.83 bits per heavy atom. The quantitative estimate of drug-likeness (QED) is 0.741. The predicted octanol–water partition coefficient (Wildman–Crippen LogP) is 2.71. The number of carbonyl (C=O) groups excluding carboxylic acids is 1. The van der Waals surface area contributed by atoms with E-state index in [1.54, 1.807) is 0 Å². The van der Waals surface area contributed by atoms with E-state index in [4.69, 9.17) is 0 Å². The molecule has 0 aliphatic heterocycles. The summed E-state index contributed by atoms with van der Waals surface area (Å²) >= 11 is 0. The summed E-state index contributed by atoms with van der Waals surface area (Å²) in [5, 5.41) is 6.52. The number of rotatable bonds is 5. The fraction of sp³-hybridized carbons (Fsp3) is 0.933. The van der Waals surface area contributed by atoms with Crippen LogP contribution < -0.4 is 10.6 Å². The summed E-state index contributed by atoms with van der Waals surface area (Å²) in [6.07, 6.45) is 6.48. The van der Waals surface area contributed by atoms with E-state index in [9.17, 15) is 4.79 Å². The van der Waals surface area contributed by atoms with Crippen molar-refractivity contribution in [1.29, 1.82) is 0 Å². The van der Waals surface area contributed by atoms with Gasteiger partial charge in [-0.3, -0.25) is 4.79 Å². The molecule has 0 aromatic carbocycles. The molecule has 18 heavy (non-hydrogen) atoms. The highest BCUT2D eigenvalue weighted by Gasteiger charge is 2.23. The monoisotopic (exact) mass is 254 g/mol. The van der Waals surface area contributed by atoms with Crippen LogP contribution in [-0.4, -0.2) is 24.5 Å². The topological polar surface area (TPSA) is 41.1 Å². The molecule has 1 aliphatic carbocycles. The van der Waals surface area contributed by atoms with E-state index in [2.05, 4.69) is 31.4 Å². The second-order valence-electron chi connectivity index (χ2n) is 6.25. The molecule has 0 heterocycles. The molecule has 1 aliphatic rings. The minimum Gasteiger partial charge on any atom is -0.354 e. The standard InChI is InChI=1S/C15H30N2O/c1-11(2)10-16-15(18)13(4)17-14-9-7-5-6-8-12(14)3/h11-14,17H,5-10H2,1-4H3,(H,16,18). The van der Waals surface area contributed by atoms with E-state index in [0.29, 0.717) is 17.9 Å². The van der Waals surface area contributed by atoms with Crippen molar-refractivity contribution in [2.24, 2.45) is 11.8 Å². The highest BCUT2D eigenvalue weighted by atomic mass is 16.2. The Morgan fingerprint density at radius 3 is 2.50 bits per heavy atom. The fourth-order valence-corrected chi connectivity index (χ4v) is 2.60. The Labute approximate surface area is 112 Å². The van der Waals surface area contributed by atoms with Gasteiger partial charge in [0, 0.05) is 12.6 Å². The minimum atomic E-state index is -0.0747. The molecule has 1 fully saturated rings. The van der Waals surface area contributed by atoms with Crippen LogP contribution in [0.5, 0.6) is 0 Å². The zero-order valence-electron chi connectivity index (χ0n) is 12.5. The molecule has 0 aromatic rings. The smallest absolute Gasteiger partial charge is 0.236 e. The third-order valence-electron chi connectivity index (χ3n) is 3.90. The summed E-state index contributed by atoms with van der Waals surface area (Å²) in [4.78, 5) is 11.9. The van der Waals surface area contributed by atoms with Gasteiger partial charge in [0.25, 0.3) is 0 Å². The molecule has 1 saturated carbocycles. The first-order valence-electron chi connectivity index (χ1n) is 7.54. The largest absolute Gasteiger partial charge is 0.354 e. The van der Waals surface area contributed by atoms with Crippen molar-refractivity contribution >= 4 is 5.91 Å². The van der Waals surface area contributed by atoms with Crippen molar-refractivity contribution in [2.45, 2.75) is 71.9 Å². The summed E-state index contributed by atoms with van der Waals surface area (Å²) in [5.41, 5.74) is 0. The Morgan fingerprint density at radius 1 is 1.17 bits per heavy atom. The molecule has 0 spiro atoms. The van der Waals surface area contributed by atoms with E-state index in [-0.39, 0.29) is 11.9 Å². The molecule has 1 rings (SSSR count). The van der Waals surface area contributed by atoms with Gasteiger partial charge >= 0.3 is 0 Å². The normalized spacial score (nSPS) is 26.7. The SMILES string of the molecule is CC(C)CNC(=O)C(C)NC1CCCCCC1C. The highest BCUT2D eigenvalue weighted by molar-refractivity contribution is 5.81. The third kappa shape index (κ3) is 5.38. The number of hydrogen-bond acceptors (Lipinski definition) is 2. The minimum absolute atomic E-state index is 0.0747. The first kappa shape index (κ1) is 15.5. The lowest BCUT2D eigenvalue weighted by Crippen LogP contribution is -2.49. The maximum atomic E-state index is 11.9. The second kappa shape index (κ2) is 7.78. The Bertz CT molecular complexity index is 253. The molecule has 3 nitrogen and oxygen atoms in total. The van der Waals surface area contributed by atoms with Crippen molar-refractivity contribution in [1.82, 2.24) is 10.6 Å². The van der Waals surface area contributed by atoms with Crippen molar-refractivity contribution in [3.8, 4) is 0 Å². The molecular formula is C15H30N2O. The van der Waals surface area contributed by atoms with Crippen LogP contribution in [0.4, 0.5) is 0 Å². The Hall–Kier alpha value is -0.570. The summed E-state index contributed by atoms with van der Waals surface area (Å²) in [7, 11) is 0. The van der Waals surface area contributed by atoms with E-state index >= 15 is 0 Å². The van der Waals surface area contributed by atoms with E-state index in [1.165, 1.54) is 32.1 Å². The molecular weight excluding hydrogens is 224 g/mol. The van der Waals surface area contributed by atoms with E-state index in [0.717, 1.165) is 6.54 Å². The fourth-order valence-electron chi connectivity index (χ4n) is 2.60. The lowest BCUT2D eigenvalue weighted by molar-refractivity contribution is -0.123. The summed E-state index contributed by atoms with van der Waals surface area (Å²) < 4.78 is 0. The van der Waals surface area contributed by atoms with Gasteiger partial charge in [0.2, 0.25) is 5.91 Å². The molecule has 0 bridgehead atoms. The van der Waals surface area contributed by atoms with Gasteiger partial charge in [0.1, 0.15) is 0 Å². The summed E-state index contributed by atoms with van der Waals surface area (Å²) in [6, 6.07) is 0.432. The van der Waals surface area contributed by atoms with Crippen molar-refractivity contribution < 1.29 is 4.79 Å². The number of nitrogens with one attached hydrogen (secondary N) is 2. The van der Waals surface area contributed by atoms with Crippen molar-refractivity contribution in [3.05, 3.63) is 0 Å².